The lowest BCUT2D eigenvalue weighted by Crippen LogP contribution is -2.44. The Morgan fingerprint density at radius 3 is 2.04 bits per heavy atom. The van der Waals surface area contributed by atoms with E-state index in [1.54, 1.807) is 0 Å². The Morgan fingerprint density at radius 2 is 1.52 bits per heavy atom. The number of nitrogens with zero attached hydrogens (tertiary/aromatic N) is 1. The van der Waals surface area contributed by atoms with E-state index in [1.165, 1.54) is 5.56 Å². The zero-order valence-corrected chi connectivity index (χ0v) is 16.1. The first-order chi connectivity index (χ1) is 11.8. The van der Waals surface area contributed by atoms with Crippen molar-refractivity contribution in [3.8, 4) is 0 Å². The van der Waals surface area contributed by atoms with Crippen LogP contribution in [-0.2, 0) is 9.53 Å². The Balaban J connectivity index is 2.55. The number of carbonyl (C=O) groups excluding carboxylic acids is 1. The third-order valence-corrected chi connectivity index (χ3v) is 4.09. The van der Waals surface area contributed by atoms with Gasteiger partial charge in [-0.3, -0.25) is 0 Å². The van der Waals surface area contributed by atoms with Gasteiger partial charge in [-0.05, 0) is 63.4 Å². The molecule has 3 heteroatoms. The van der Waals surface area contributed by atoms with E-state index in [-0.39, 0.29) is 24.0 Å². The van der Waals surface area contributed by atoms with Gasteiger partial charge in [0.05, 0.1) is 6.10 Å². The number of benzene rings is 2. The summed E-state index contributed by atoms with van der Waals surface area (Å²) >= 11 is 0. The zero-order chi connectivity index (χ0) is 18.6. The molecule has 2 aromatic rings. The molecule has 0 aliphatic carbocycles. The molecule has 25 heavy (non-hydrogen) atoms. The number of carbonyl (C=O) groups is 1. The Labute approximate surface area is 151 Å². The molecule has 0 aromatic heterocycles. The average Bonchev–Trinajstić information content (AvgIpc) is 2.52. The molecule has 3 nitrogen and oxygen atoms in total. The summed E-state index contributed by atoms with van der Waals surface area (Å²) in [5, 5.41) is 0. The predicted octanol–water partition coefficient (Wildman–Crippen LogP) is 5.42. The van der Waals surface area contributed by atoms with Crippen molar-refractivity contribution in [1.29, 1.82) is 0 Å². The third kappa shape index (κ3) is 4.85. The second-order valence-corrected chi connectivity index (χ2v) is 7.22. The van der Waals surface area contributed by atoms with Crippen molar-refractivity contribution in [3.63, 3.8) is 0 Å². The summed E-state index contributed by atoms with van der Waals surface area (Å²) < 4.78 is 5.57. The molecule has 2 aromatic carbocycles. The molecule has 0 heterocycles. The van der Waals surface area contributed by atoms with Gasteiger partial charge in [0.25, 0.3) is 0 Å². The number of hydrogen-bond acceptors (Lipinski definition) is 3. The standard InChI is InChI=1S/C22H29NO2/c1-15(2)21(22(24)25-16(3)4)23(19-12-10-17(5)11-13-19)20-9-7-8-18(6)14-20/h7-16,21H,1-6H3. The van der Waals surface area contributed by atoms with Gasteiger partial charge in [0, 0.05) is 11.4 Å². The summed E-state index contributed by atoms with van der Waals surface area (Å²) in [7, 11) is 0. The van der Waals surface area contributed by atoms with E-state index in [2.05, 4.69) is 69.0 Å². The molecule has 0 aliphatic rings. The van der Waals surface area contributed by atoms with Crippen LogP contribution < -0.4 is 4.90 Å². The Hall–Kier alpha value is -2.29. The molecule has 134 valence electrons. The fourth-order valence-electron chi connectivity index (χ4n) is 2.93. The van der Waals surface area contributed by atoms with Crippen molar-refractivity contribution in [2.75, 3.05) is 4.90 Å². The molecule has 1 unspecified atom stereocenters. The number of anilines is 2. The van der Waals surface area contributed by atoms with Gasteiger partial charge in [-0.1, -0.05) is 43.7 Å². The number of ether oxygens (including phenoxy) is 1. The molecule has 0 bridgehead atoms. The van der Waals surface area contributed by atoms with Crippen LogP contribution in [0.2, 0.25) is 0 Å². The van der Waals surface area contributed by atoms with E-state index in [9.17, 15) is 4.79 Å². The summed E-state index contributed by atoms with van der Waals surface area (Å²) in [6.07, 6.45) is -0.133. The van der Waals surface area contributed by atoms with Crippen molar-refractivity contribution in [3.05, 3.63) is 59.7 Å². The summed E-state index contributed by atoms with van der Waals surface area (Å²) in [4.78, 5) is 15.0. The molecule has 0 aliphatic heterocycles. The molecule has 1 atom stereocenters. The molecule has 0 saturated heterocycles. The highest BCUT2D eigenvalue weighted by Gasteiger charge is 2.32. The SMILES string of the molecule is Cc1ccc(N(c2cccc(C)c2)C(C(=O)OC(C)C)C(C)C)cc1. The first-order valence-corrected chi connectivity index (χ1v) is 8.92. The van der Waals surface area contributed by atoms with Crippen molar-refractivity contribution in [2.45, 2.75) is 53.7 Å². The van der Waals surface area contributed by atoms with Crippen LogP contribution >= 0.6 is 0 Å². The molecule has 0 spiro atoms. The minimum absolute atomic E-state index is 0.105. The van der Waals surface area contributed by atoms with Crippen molar-refractivity contribution in [2.24, 2.45) is 5.92 Å². The van der Waals surface area contributed by atoms with Crippen LogP contribution in [0, 0.1) is 19.8 Å². The smallest absolute Gasteiger partial charge is 0.329 e. The van der Waals surface area contributed by atoms with Crippen LogP contribution in [-0.4, -0.2) is 18.1 Å². The Bertz CT molecular complexity index is 704. The first kappa shape index (κ1) is 19.0. The topological polar surface area (TPSA) is 29.5 Å². The minimum atomic E-state index is -0.382. The van der Waals surface area contributed by atoms with Crippen molar-refractivity contribution < 1.29 is 9.53 Å². The van der Waals surface area contributed by atoms with Crippen LogP contribution in [0.4, 0.5) is 11.4 Å². The fraction of sp³-hybridized carbons (Fsp3) is 0.409. The maximum Gasteiger partial charge on any atom is 0.329 e. The fourth-order valence-corrected chi connectivity index (χ4v) is 2.93. The number of hydrogen-bond donors (Lipinski definition) is 0. The second-order valence-electron chi connectivity index (χ2n) is 7.22. The van der Waals surface area contributed by atoms with Crippen LogP contribution in [0.1, 0.15) is 38.8 Å². The molecular formula is C22H29NO2. The number of aryl methyl sites for hydroxylation is 2. The molecular weight excluding hydrogens is 310 g/mol. The lowest BCUT2D eigenvalue weighted by atomic mass is 10.00. The summed E-state index contributed by atoms with van der Waals surface area (Å²) in [6.45, 7) is 12.0. The van der Waals surface area contributed by atoms with Crippen LogP contribution in [0.15, 0.2) is 48.5 Å². The highest BCUT2D eigenvalue weighted by Crippen LogP contribution is 2.32. The third-order valence-electron chi connectivity index (χ3n) is 4.09. The zero-order valence-electron chi connectivity index (χ0n) is 16.1. The summed E-state index contributed by atoms with van der Waals surface area (Å²) in [6, 6.07) is 16.1. The predicted molar refractivity (Wildman–Crippen MR) is 104 cm³/mol. The average molecular weight is 339 g/mol. The van der Waals surface area contributed by atoms with Gasteiger partial charge in [0.2, 0.25) is 0 Å². The van der Waals surface area contributed by atoms with E-state index in [4.69, 9.17) is 4.74 Å². The van der Waals surface area contributed by atoms with Gasteiger partial charge in [-0.25, -0.2) is 4.79 Å². The second kappa shape index (κ2) is 8.19. The van der Waals surface area contributed by atoms with Gasteiger partial charge < -0.3 is 9.64 Å². The van der Waals surface area contributed by atoms with E-state index in [1.807, 2.05) is 26.0 Å². The Kier molecular flexibility index (Phi) is 6.24. The number of esters is 1. The largest absolute Gasteiger partial charge is 0.461 e. The highest BCUT2D eigenvalue weighted by molar-refractivity contribution is 5.84. The molecule has 0 amide bonds. The summed E-state index contributed by atoms with van der Waals surface area (Å²) in [5.74, 6) is -0.0832. The van der Waals surface area contributed by atoms with Crippen LogP contribution in [0.5, 0.6) is 0 Å². The summed E-state index contributed by atoms with van der Waals surface area (Å²) in [5.41, 5.74) is 4.35. The number of rotatable bonds is 6. The highest BCUT2D eigenvalue weighted by atomic mass is 16.5. The van der Waals surface area contributed by atoms with Gasteiger partial charge in [-0.2, -0.15) is 0 Å². The monoisotopic (exact) mass is 339 g/mol. The normalized spacial score (nSPS) is 12.3. The van der Waals surface area contributed by atoms with E-state index >= 15 is 0 Å². The van der Waals surface area contributed by atoms with Crippen LogP contribution in [0.3, 0.4) is 0 Å². The first-order valence-electron chi connectivity index (χ1n) is 8.92. The Morgan fingerprint density at radius 1 is 0.880 bits per heavy atom. The molecule has 0 saturated carbocycles. The molecule has 0 fully saturated rings. The van der Waals surface area contributed by atoms with Gasteiger partial charge in [0.15, 0.2) is 0 Å². The van der Waals surface area contributed by atoms with Gasteiger partial charge >= 0.3 is 5.97 Å². The lowest BCUT2D eigenvalue weighted by molar-refractivity contribution is -0.149. The van der Waals surface area contributed by atoms with Gasteiger partial charge in [0.1, 0.15) is 6.04 Å². The van der Waals surface area contributed by atoms with E-state index in [0.717, 1.165) is 16.9 Å². The van der Waals surface area contributed by atoms with E-state index < -0.39 is 0 Å². The minimum Gasteiger partial charge on any atom is -0.461 e. The molecule has 2 rings (SSSR count). The van der Waals surface area contributed by atoms with Crippen molar-refractivity contribution >= 4 is 17.3 Å². The van der Waals surface area contributed by atoms with Gasteiger partial charge in [-0.15, -0.1) is 0 Å². The molecule has 0 N–H and O–H groups in total. The van der Waals surface area contributed by atoms with Crippen molar-refractivity contribution in [1.82, 2.24) is 0 Å². The quantitative estimate of drug-likeness (QED) is 0.658. The van der Waals surface area contributed by atoms with Crippen LogP contribution in [0.25, 0.3) is 0 Å². The molecule has 0 radical (unpaired) electrons. The maximum absolute atomic E-state index is 12.9. The van der Waals surface area contributed by atoms with E-state index in [0.29, 0.717) is 0 Å². The maximum atomic E-state index is 12.9. The lowest BCUT2D eigenvalue weighted by Gasteiger charge is -2.35.